The summed E-state index contributed by atoms with van der Waals surface area (Å²) < 4.78 is 29.6. The van der Waals surface area contributed by atoms with Gasteiger partial charge in [-0.05, 0) is 35.4 Å². The van der Waals surface area contributed by atoms with Gasteiger partial charge >= 0.3 is 0 Å². The zero-order valence-corrected chi connectivity index (χ0v) is 18.9. The van der Waals surface area contributed by atoms with E-state index in [0.717, 1.165) is 32.9 Å². The van der Waals surface area contributed by atoms with Gasteiger partial charge in [0.2, 0.25) is 10.0 Å². The van der Waals surface area contributed by atoms with E-state index in [4.69, 9.17) is 0 Å². The van der Waals surface area contributed by atoms with E-state index >= 15 is 0 Å². The van der Waals surface area contributed by atoms with Crippen LogP contribution in [0.15, 0.2) is 90.0 Å². The Labute approximate surface area is 196 Å². The maximum Gasteiger partial charge on any atom is 0.268 e. The fraction of sp³-hybridized carbons (Fsp3) is 0.115. The monoisotopic (exact) mass is 470 g/mol. The van der Waals surface area contributed by atoms with Gasteiger partial charge in [-0.2, -0.15) is 0 Å². The Morgan fingerprint density at radius 1 is 0.824 bits per heavy atom. The Hall–Kier alpha value is -3.88. The van der Waals surface area contributed by atoms with Crippen molar-refractivity contribution in [1.29, 1.82) is 0 Å². The van der Waals surface area contributed by atoms with Crippen LogP contribution in [0, 0.1) is 0 Å². The summed E-state index contributed by atoms with van der Waals surface area (Å²) in [7, 11) is -3.83. The number of aromatic nitrogens is 2. The molecule has 0 aliphatic carbocycles. The molecule has 0 bridgehead atoms. The summed E-state index contributed by atoms with van der Waals surface area (Å²) >= 11 is 0. The molecule has 0 saturated heterocycles. The summed E-state index contributed by atoms with van der Waals surface area (Å²) in [6.07, 6.45) is 1.92. The first-order chi connectivity index (χ1) is 16.5. The third kappa shape index (κ3) is 3.30. The van der Waals surface area contributed by atoms with Gasteiger partial charge in [0, 0.05) is 40.5 Å². The first-order valence-corrected chi connectivity index (χ1v) is 12.5. The highest BCUT2D eigenvalue weighted by molar-refractivity contribution is 7.89. The van der Waals surface area contributed by atoms with Crippen molar-refractivity contribution in [1.82, 2.24) is 20.0 Å². The number of fused-ring (bicyclic) bond motifs is 4. The number of rotatable bonds is 4. The molecule has 0 spiro atoms. The molecule has 6 rings (SSSR count). The lowest BCUT2D eigenvalue weighted by Crippen LogP contribution is -2.45. The second-order valence-corrected chi connectivity index (χ2v) is 10.2. The molecule has 2 aromatic heterocycles. The average molecular weight is 471 g/mol. The van der Waals surface area contributed by atoms with Crippen molar-refractivity contribution in [2.24, 2.45) is 0 Å². The van der Waals surface area contributed by atoms with E-state index in [1.807, 2.05) is 54.7 Å². The third-order valence-corrected chi connectivity index (χ3v) is 7.99. The van der Waals surface area contributed by atoms with Crippen molar-refractivity contribution in [3.63, 3.8) is 0 Å². The summed E-state index contributed by atoms with van der Waals surface area (Å²) in [5, 5.41) is 4.80. The lowest BCUT2D eigenvalue weighted by Gasteiger charge is -2.26. The van der Waals surface area contributed by atoms with Crippen LogP contribution in [0.5, 0.6) is 0 Å². The van der Waals surface area contributed by atoms with Crippen LogP contribution in [0.3, 0.4) is 0 Å². The standard InChI is InChI=1S/C26H22N4O3S/c31-26-25-24(18-11-5-7-13-21(18)29-25)23(19-14-27-20-12-6-4-10-17(19)20)22(15-28-26)30-34(32,33)16-8-2-1-3-9-16/h1-14,22-23,27,29-30H,15H2,(H,28,31)/t22-,23+/m0/s1. The van der Waals surface area contributed by atoms with Gasteiger partial charge in [-0.1, -0.05) is 54.6 Å². The van der Waals surface area contributed by atoms with Gasteiger partial charge in [0.25, 0.3) is 5.91 Å². The summed E-state index contributed by atoms with van der Waals surface area (Å²) in [5.41, 5.74) is 3.96. The smallest absolute Gasteiger partial charge is 0.268 e. The van der Waals surface area contributed by atoms with Gasteiger partial charge in [-0.15, -0.1) is 0 Å². The summed E-state index contributed by atoms with van der Waals surface area (Å²) in [6, 6.07) is 23.3. The Bertz CT molecular complexity index is 1640. The number of amides is 1. The SMILES string of the molecule is O=C1NC[C@H](NS(=O)(=O)c2ccccc2)[C@@H](c2c[nH]c3ccccc23)c2c1[nH]c1ccccc21. The quantitative estimate of drug-likeness (QED) is 0.320. The minimum Gasteiger partial charge on any atom is -0.361 e. The molecule has 0 unspecified atom stereocenters. The van der Waals surface area contributed by atoms with Crippen LogP contribution in [0.25, 0.3) is 21.8 Å². The van der Waals surface area contributed by atoms with Crippen molar-refractivity contribution in [2.75, 3.05) is 6.54 Å². The number of benzene rings is 3. The molecule has 1 aliphatic rings. The predicted octanol–water partition coefficient (Wildman–Crippen LogP) is 3.87. The number of para-hydroxylation sites is 2. The van der Waals surface area contributed by atoms with Crippen LogP contribution >= 0.6 is 0 Å². The molecule has 3 aromatic carbocycles. The fourth-order valence-electron chi connectivity index (χ4n) is 4.98. The zero-order valence-electron chi connectivity index (χ0n) is 18.1. The van der Waals surface area contributed by atoms with Gasteiger partial charge in [0.15, 0.2) is 0 Å². The lowest BCUT2D eigenvalue weighted by atomic mass is 9.84. The van der Waals surface area contributed by atoms with E-state index in [1.54, 1.807) is 30.3 Å². The Balaban J connectivity index is 1.58. The van der Waals surface area contributed by atoms with Crippen LogP contribution in [0.4, 0.5) is 0 Å². The maximum atomic E-state index is 13.3. The molecule has 1 aliphatic heterocycles. The van der Waals surface area contributed by atoms with Crippen molar-refractivity contribution in [3.05, 3.63) is 102 Å². The number of carbonyl (C=O) groups excluding carboxylic acids is 1. The number of hydrogen-bond acceptors (Lipinski definition) is 3. The van der Waals surface area contributed by atoms with Crippen molar-refractivity contribution in [2.45, 2.75) is 16.9 Å². The molecule has 0 saturated carbocycles. The Kier molecular flexibility index (Phi) is 4.79. The lowest BCUT2D eigenvalue weighted by molar-refractivity contribution is 0.0950. The molecule has 170 valence electrons. The van der Waals surface area contributed by atoms with E-state index in [0.29, 0.717) is 5.69 Å². The zero-order chi connectivity index (χ0) is 23.3. The minimum absolute atomic E-state index is 0.145. The number of carbonyl (C=O) groups is 1. The molecule has 1 amide bonds. The predicted molar refractivity (Wildman–Crippen MR) is 131 cm³/mol. The molecular weight excluding hydrogens is 448 g/mol. The van der Waals surface area contributed by atoms with Crippen LogP contribution in [-0.4, -0.2) is 36.9 Å². The van der Waals surface area contributed by atoms with Gasteiger partial charge in [-0.3, -0.25) is 4.79 Å². The number of aromatic amines is 2. The number of hydrogen-bond donors (Lipinski definition) is 4. The molecule has 5 aromatic rings. The van der Waals surface area contributed by atoms with E-state index < -0.39 is 22.0 Å². The minimum atomic E-state index is -3.83. The number of H-pyrrole nitrogens is 2. The molecule has 0 fully saturated rings. The van der Waals surface area contributed by atoms with Crippen LogP contribution in [0.1, 0.15) is 27.5 Å². The number of nitrogens with one attached hydrogen (secondary N) is 4. The highest BCUT2D eigenvalue weighted by Crippen LogP contribution is 2.40. The third-order valence-electron chi connectivity index (χ3n) is 6.49. The first kappa shape index (κ1) is 20.7. The van der Waals surface area contributed by atoms with E-state index in [2.05, 4.69) is 20.0 Å². The molecule has 3 heterocycles. The van der Waals surface area contributed by atoms with Crippen molar-refractivity contribution >= 4 is 37.7 Å². The highest BCUT2D eigenvalue weighted by Gasteiger charge is 2.38. The first-order valence-electron chi connectivity index (χ1n) is 11.0. The average Bonchev–Trinajstić information content (AvgIpc) is 3.42. The molecular formula is C26H22N4O3S. The van der Waals surface area contributed by atoms with Crippen LogP contribution in [0.2, 0.25) is 0 Å². The molecule has 8 heteroatoms. The summed E-state index contributed by atoms with van der Waals surface area (Å²) in [6.45, 7) is 0.145. The van der Waals surface area contributed by atoms with Gasteiger partial charge in [-0.25, -0.2) is 13.1 Å². The second kappa shape index (κ2) is 7.86. The largest absolute Gasteiger partial charge is 0.361 e. The molecule has 4 N–H and O–H groups in total. The Morgan fingerprint density at radius 2 is 1.50 bits per heavy atom. The summed E-state index contributed by atoms with van der Waals surface area (Å²) in [5.74, 6) is -0.669. The van der Waals surface area contributed by atoms with Gasteiger partial charge < -0.3 is 15.3 Å². The molecule has 2 atom stereocenters. The molecule has 34 heavy (non-hydrogen) atoms. The second-order valence-electron chi connectivity index (χ2n) is 8.48. The molecule has 0 radical (unpaired) electrons. The van der Waals surface area contributed by atoms with E-state index in [9.17, 15) is 13.2 Å². The molecule has 7 nitrogen and oxygen atoms in total. The maximum absolute atomic E-state index is 13.3. The van der Waals surface area contributed by atoms with Crippen molar-refractivity contribution in [3.8, 4) is 0 Å². The van der Waals surface area contributed by atoms with E-state index in [1.165, 1.54) is 0 Å². The van der Waals surface area contributed by atoms with Gasteiger partial charge in [0.05, 0.1) is 10.9 Å². The highest BCUT2D eigenvalue weighted by atomic mass is 32.2. The fourth-order valence-corrected chi connectivity index (χ4v) is 6.25. The van der Waals surface area contributed by atoms with Gasteiger partial charge in [0.1, 0.15) is 5.69 Å². The topological polar surface area (TPSA) is 107 Å². The van der Waals surface area contributed by atoms with Crippen molar-refractivity contribution < 1.29 is 13.2 Å². The number of sulfonamides is 1. The van der Waals surface area contributed by atoms with Crippen LogP contribution in [-0.2, 0) is 10.0 Å². The normalized spacial score (nSPS) is 18.5. The van der Waals surface area contributed by atoms with Crippen LogP contribution < -0.4 is 10.0 Å². The summed E-state index contributed by atoms with van der Waals surface area (Å²) in [4.78, 5) is 19.9. The van der Waals surface area contributed by atoms with E-state index in [-0.39, 0.29) is 17.3 Å². The Morgan fingerprint density at radius 3 is 2.29 bits per heavy atom.